The van der Waals surface area contributed by atoms with Gasteiger partial charge in [0.05, 0.1) is 11.7 Å². The first-order valence-corrected chi connectivity index (χ1v) is 7.00. The minimum Gasteiger partial charge on any atom is -0.454 e. The van der Waals surface area contributed by atoms with E-state index in [9.17, 15) is 0 Å². The molecule has 2 heterocycles. The fourth-order valence-electron chi connectivity index (χ4n) is 2.94. The van der Waals surface area contributed by atoms with Gasteiger partial charge in [-0.25, -0.2) is 0 Å². The molecule has 0 fully saturated rings. The standard InChI is InChI=1S/C16H16N2O2/c1-3-11-4-2-8-17-16(11)13(5-1)18-12-6-7-14-15(9-12)20-10-19-14/h2,4,6-9,13,18H,1,3,5,10H2. The topological polar surface area (TPSA) is 43.4 Å². The minimum absolute atomic E-state index is 0.278. The summed E-state index contributed by atoms with van der Waals surface area (Å²) in [6.07, 6.45) is 5.31. The number of aromatic nitrogens is 1. The van der Waals surface area contributed by atoms with Crippen molar-refractivity contribution in [2.45, 2.75) is 25.3 Å². The molecule has 0 saturated heterocycles. The number of rotatable bonds is 2. The molecule has 1 aliphatic carbocycles. The average Bonchev–Trinajstić information content (AvgIpc) is 2.95. The van der Waals surface area contributed by atoms with Crippen LogP contribution >= 0.6 is 0 Å². The first-order valence-electron chi connectivity index (χ1n) is 7.00. The van der Waals surface area contributed by atoms with Gasteiger partial charge in [0.25, 0.3) is 0 Å². The van der Waals surface area contributed by atoms with Crippen LogP contribution in [-0.2, 0) is 6.42 Å². The van der Waals surface area contributed by atoms with E-state index in [-0.39, 0.29) is 6.04 Å². The number of nitrogens with one attached hydrogen (secondary N) is 1. The molecule has 4 heteroatoms. The lowest BCUT2D eigenvalue weighted by Crippen LogP contribution is -2.18. The number of ether oxygens (including phenoxy) is 2. The second-order valence-electron chi connectivity index (χ2n) is 5.20. The normalized spacial score (nSPS) is 19.5. The number of pyridine rings is 1. The molecule has 1 unspecified atom stereocenters. The van der Waals surface area contributed by atoms with E-state index in [1.165, 1.54) is 17.7 Å². The van der Waals surface area contributed by atoms with Crippen LogP contribution in [-0.4, -0.2) is 11.8 Å². The van der Waals surface area contributed by atoms with Crippen LogP contribution < -0.4 is 14.8 Å². The fourth-order valence-corrected chi connectivity index (χ4v) is 2.94. The van der Waals surface area contributed by atoms with Crippen LogP contribution in [0.5, 0.6) is 11.5 Å². The number of anilines is 1. The van der Waals surface area contributed by atoms with E-state index in [0.717, 1.165) is 30.0 Å². The molecule has 4 rings (SSSR count). The van der Waals surface area contributed by atoms with Crippen molar-refractivity contribution in [2.24, 2.45) is 0 Å². The molecule has 0 spiro atoms. The second-order valence-corrected chi connectivity index (χ2v) is 5.20. The van der Waals surface area contributed by atoms with Crippen molar-refractivity contribution in [2.75, 3.05) is 12.1 Å². The van der Waals surface area contributed by atoms with Crippen LogP contribution in [0.4, 0.5) is 5.69 Å². The van der Waals surface area contributed by atoms with Gasteiger partial charge in [0.15, 0.2) is 11.5 Å². The Hall–Kier alpha value is -2.23. The van der Waals surface area contributed by atoms with E-state index in [4.69, 9.17) is 9.47 Å². The summed E-state index contributed by atoms with van der Waals surface area (Å²) >= 11 is 0. The molecule has 1 aromatic heterocycles. The van der Waals surface area contributed by atoms with Gasteiger partial charge in [-0.05, 0) is 43.0 Å². The molecule has 1 N–H and O–H groups in total. The summed E-state index contributed by atoms with van der Waals surface area (Å²) in [7, 11) is 0. The highest BCUT2D eigenvalue weighted by atomic mass is 16.7. The van der Waals surface area contributed by atoms with Crippen molar-refractivity contribution in [1.82, 2.24) is 4.98 Å². The highest BCUT2D eigenvalue weighted by molar-refractivity contribution is 5.56. The Balaban J connectivity index is 1.61. The summed E-state index contributed by atoms with van der Waals surface area (Å²) in [4.78, 5) is 4.55. The van der Waals surface area contributed by atoms with E-state index in [2.05, 4.69) is 16.4 Å². The Bertz CT molecular complexity index is 642. The first kappa shape index (κ1) is 11.6. The first-order chi connectivity index (χ1) is 9.90. The largest absolute Gasteiger partial charge is 0.454 e. The molecular formula is C16H16N2O2. The molecule has 1 atom stereocenters. The maximum Gasteiger partial charge on any atom is 0.231 e. The van der Waals surface area contributed by atoms with Crippen LogP contribution in [0, 0.1) is 0 Å². The van der Waals surface area contributed by atoms with Gasteiger partial charge in [0, 0.05) is 18.0 Å². The molecule has 0 bridgehead atoms. The molecule has 2 aliphatic rings. The van der Waals surface area contributed by atoms with Gasteiger partial charge in [-0.15, -0.1) is 0 Å². The molecule has 4 nitrogen and oxygen atoms in total. The third kappa shape index (κ3) is 1.97. The molecule has 0 saturated carbocycles. The van der Waals surface area contributed by atoms with Gasteiger partial charge in [-0.1, -0.05) is 6.07 Å². The molecule has 1 aliphatic heterocycles. The summed E-state index contributed by atoms with van der Waals surface area (Å²) in [5, 5.41) is 3.57. The van der Waals surface area contributed by atoms with Crippen molar-refractivity contribution in [3.8, 4) is 11.5 Å². The van der Waals surface area contributed by atoms with Crippen LogP contribution in [0.15, 0.2) is 36.5 Å². The Kier molecular flexibility index (Phi) is 2.73. The fraction of sp³-hybridized carbons (Fsp3) is 0.312. The zero-order valence-corrected chi connectivity index (χ0v) is 11.1. The third-order valence-corrected chi connectivity index (χ3v) is 3.91. The van der Waals surface area contributed by atoms with Gasteiger partial charge >= 0.3 is 0 Å². The van der Waals surface area contributed by atoms with Crippen molar-refractivity contribution >= 4 is 5.69 Å². The highest BCUT2D eigenvalue weighted by Crippen LogP contribution is 2.36. The number of hydrogen-bond donors (Lipinski definition) is 1. The molecule has 102 valence electrons. The zero-order chi connectivity index (χ0) is 13.4. The quantitative estimate of drug-likeness (QED) is 0.907. The van der Waals surface area contributed by atoms with Crippen LogP contribution in [0.25, 0.3) is 0 Å². The van der Waals surface area contributed by atoms with Gasteiger partial charge in [0.2, 0.25) is 6.79 Å². The summed E-state index contributed by atoms with van der Waals surface area (Å²) in [6.45, 7) is 0.312. The highest BCUT2D eigenvalue weighted by Gasteiger charge is 2.22. The van der Waals surface area contributed by atoms with E-state index in [1.54, 1.807) is 0 Å². The number of hydrogen-bond acceptors (Lipinski definition) is 4. The predicted octanol–water partition coefficient (Wildman–Crippen LogP) is 3.30. The van der Waals surface area contributed by atoms with Gasteiger partial charge in [-0.3, -0.25) is 4.98 Å². The predicted molar refractivity (Wildman–Crippen MR) is 76.1 cm³/mol. The van der Waals surface area contributed by atoms with E-state index in [0.29, 0.717) is 6.79 Å². The van der Waals surface area contributed by atoms with Gasteiger partial charge < -0.3 is 14.8 Å². The Morgan fingerprint density at radius 3 is 3.10 bits per heavy atom. The Morgan fingerprint density at radius 1 is 1.15 bits per heavy atom. The summed E-state index contributed by atoms with van der Waals surface area (Å²) in [5.74, 6) is 1.63. The molecule has 0 amide bonds. The second kappa shape index (κ2) is 4.71. The summed E-state index contributed by atoms with van der Waals surface area (Å²) in [6, 6.07) is 10.5. The average molecular weight is 268 g/mol. The smallest absolute Gasteiger partial charge is 0.231 e. The molecule has 20 heavy (non-hydrogen) atoms. The van der Waals surface area contributed by atoms with E-state index < -0.39 is 0 Å². The van der Waals surface area contributed by atoms with Crippen molar-refractivity contribution < 1.29 is 9.47 Å². The molecule has 0 radical (unpaired) electrons. The zero-order valence-electron chi connectivity index (χ0n) is 11.1. The molecule has 1 aromatic carbocycles. The monoisotopic (exact) mass is 268 g/mol. The van der Waals surface area contributed by atoms with E-state index in [1.807, 2.05) is 30.5 Å². The van der Waals surface area contributed by atoms with Crippen molar-refractivity contribution in [3.05, 3.63) is 47.8 Å². The Morgan fingerprint density at radius 2 is 2.10 bits per heavy atom. The SMILES string of the molecule is c1cnc2c(c1)CCCC2Nc1ccc2c(c1)OCO2. The van der Waals surface area contributed by atoms with Gasteiger partial charge in [0.1, 0.15) is 0 Å². The molecular weight excluding hydrogens is 252 g/mol. The van der Waals surface area contributed by atoms with E-state index >= 15 is 0 Å². The lowest BCUT2D eigenvalue weighted by Gasteiger charge is -2.26. The van der Waals surface area contributed by atoms with Gasteiger partial charge in [-0.2, -0.15) is 0 Å². The number of benzene rings is 1. The van der Waals surface area contributed by atoms with Crippen LogP contribution in [0.2, 0.25) is 0 Å². The van der Waals surface area contributed by atoms with Crippen LogP contribution in [0.3, 0.4) is 0 Å². The Labute approximate surface area is 117 Å². The summed E-state index contributed by atoms with van der Waals surface area (Å²) in [5.41, 5.74) is 3.59. The minimum atomic E-state index is 0.278. The molecule has 2 aromatic rings. The van der Waals surface area contributed by atoms with Crippen LogP contribution in [0.1, 0.15) is 30.1 Å². The lowest BCUT2D eigenvalue weighted by atomic mass is 9.92. The van der Waals surface area contributed by atoms with Crippen molar-refractivity contribution in [3.63, 3.8) is 0 Å². The third-order valence-electron chi connectivity index (χ3n) is 3.91. The maximum absolute atomic E-state index is 5.42. The lowest BCUT2D eigenvalue weighted by molar-refractivity contribution is 0.174. The number of aryl methyl sites for hydroxylation is 1. The summed E-state index contributed by atoms with van der Waals surface area (Å²) < 4.78 is 10.8. The van der Waals surface area contributed by atoms with Crippen molar-refractivity contribution in [1.29, 1.82) is 0 Å². The number of fused-ring (bicyclic) bond motifs is 2. The maximum atomic E-state index is 5.42. The number of nitrogens with zero attached hydrogens (tertiary/aromatic N) is 1.